The van der Waals surface area contributed by atoms with Gasteiger partial charge in [0.05, 0.1) is 0 Å². The number of nitrogens with zero attached hydrogens (tertiary/aromatic N) is 2. The first-order valence-corrected chi connectivity index (χ1v) is 7.14. The van der Waals surface area contributed by atoms with Gasteiger partial charge in [-0.3, -0.25) is 0 Å². The Bertz CT molecular complexity index is 389. The van der Waals surface area contributed by atoms with Gasteiger partial charge in [0.2, 0.25) is 0 Å². The number of hydrogen-bond donors (Lipinski definition) is 1. The van der Waals surface area contributed by atoms with Gasteiger partial charge in [0.1, 0.15) is 5.82 Å². The van der Waals surface area contributed by atoms with Crippen molar-refractivity contribution in [1.29, 1.82) is 0 Å². The van der Waals surface area contributed by atoms with Gasteiger partial charge < -0.3 is 10.2 Å². The maximum atomic E-state index is 4.80. The molecular weight excluding hydrogens is 222 g/mol. The van der Waals surface area contributed by atoms with E-state index < -0.39 is 0 Å². The number of anilines is 1. The SMILES string of the molecule is CCC1CCCCN1c1ccc(CNC)c(C)n1. The third kappa shape index (κ3) is 2.83. The summed E-state index contributed by atoms with van der Waals surface area (Å²) in [6.07, 6.45) is 5.20. The Labute approximate surface area is 111 Å². The Morgan fingerprint density at radius 3 is 2.89 bits per heavy atom. The molecule has 2 rings (SSSR count). The molecule has 0 radical (unpaired) electrons. The van der Waals surface area contributed by atoms with Crippen molar-refractivity contribution in [3.63, 3.8) is 0 Å². The summed E-state index contributed by atoms with van der Waals surface area (Å²) in [5.41, 5.74) is 2.45. The van der Waals surface area contributed by atoms with E-state index in [0.717, 1.165) is 18.8 Å². The first-order chi connectivity index (χ1) is 8.76. The second-order valence-corrected chi connectivity index (χ2v) is 5.20. The topological polar surface area (TPSA) is 28.2 Å². The van der Waals surface area contributed by atoms with Crippen LogP contribution in [-0.2, 0) is 6.54 Å². The largest absolute Gasteiger partial charge is 0.354 e. The van der Waals surface area contributed by atoms with Gasteiger partial charge in [-0.25, -0.2) is 4.98 Å². The molecule has 0 saturated carbocycles. The summed E-state index contributed by atoms with van der Waals surface area (Å²) < 4.78 is 0. The number of nitrogens with one attached hydrogen (secondary N) is 1. The van der Waals surface area contributed by atoms with Crippen molar-refractivity contribution in [2.75, 3.05) is 18.5 Å². The van der Waals surface area contributed by atoms with Crippen molar-refractivity contribution < 1.29 is 0 Å². The molecule has 1 unspecified atom stereocenters. The van der Waals surface area contributed by atoms with Gasteiger partial charge in [-0.15, -0.1) is 0 Å². The molecule has 1 atom stereocenters. The molecular formula is C15H25N3. The van der Waals surface area contributed by atoms with Gasteiger partial charge in [0.25, 0.3) is 0 Å². The lowest BCUT2D eigenvalue weighted by Gasteiger charge is -2.36. The van der Waals surface area contributed by atoms with E-state index >= 15 is 0 Å². The summed E-state index contributed by atoms with van der Waals surface area (Å²) in [5, 5.41) is 3.19. The first kappa shape index (κ1) is 13.3. The summed E-state index contributed by atoms with van der Waals surface area (Å²) in [5.74, 6) is 1.17. The standard InChI is InChI=1S/C15H25N3/c1-4-14-7-5-6-10-18(14)15-9-8-13(11-16-3)12(2)17-15/h8-9,14,16H,4-7,10-11H2,1-3H3. The van der Waals surface area contributed by atoms with Gasteiger partial charge in [-0.05, 0) is 51.3 Å². The lowest BCUT2D eigenvalue weighted by Crippen LogP contribution is -2.39. The van der Waals surface area contributed by atoms with Crippen molar-refractivity contribution in [3.8, 4) is 0 Å². The van der Waals surface area contributed by atoms with E-state index in [1.54, 1.807) is 0 Å². The van der Waals surface area contributed by atoms with E-state index in [4.69, 9.17) is 4.98 Å². The van der Waals surface area contributed by atoms with Crippen molar-refractivity contribution in [2.24, 2.45) is 0 Å². The predicted molar refractivity (Wildman–Crippen MR) is 77.0 cm³/mol. The summed E-state index contributed by atoms with van der Waals surface area (Å²) in [6, 6.07) is 5.09. The quantitative estimate of drug-likeness (QED) is 0.886. The van der Waals surface area contributed by atoms with Crippen LogP contribution in [-0.4, -0.2) is 24.6 Å². The number of aryl methyl sites for hydroxylation is 1. The zero-order chi connectivity index (χ0) is 13.0. The molecule has 1 aromatic heterocycles. The van der Waals surface area contributed by atoms with Gasteiger partial charge in [0, 0.05) is 24.8 Å². The van der Waals surface area contributed by atoms with E-state index in [0.29, 0.717) is 6.04 Å². The average molecular weight is 247 g/mol. The number of rotatable bonds is 4. The van der Waals surface area contributed by atoms with Crippen LogP contribution < -0.4 is 10.2 Å². The van der Waals surface area contributed by atoms with Crippen LogP contribution in [0.5, 0.6) is 0 Å². The van der Waals surface area contributed by atoms with Crippen molar-refractivity contribution in [3.05, 3.63) is 23.4 Å². The molecule has 3 nitrogen and oxygen atoms in total. The lowest BCUT2D eigenvalue weighted by atomic mass is 10.00. The maximum absolute atomic E-state index is 4.80. The summed E-state index contributed by atoms with van der Waals surface area (Å²) in [6.45, 7) is 6.46. The fourth-order valence-corrected chi connectivity index (χ4v) is 2.84. The summed E-state index contributed by atoms with van der Waals surface area (Å²) >= 11 is 0. The van der Waals surface area contributed by atoms with E-state index in [1.807, 2.05) is 7.05 Å². The van der Waals surface area contributed by atoms with Crippen LogP contribution >= 0.6 is 0 Å². The molecule has 1 aliphatic heterocycles. The van der Waals surface area contributed by atoms with Crippen molar-refractivity contribution >= 4 is 5.82 Å². The van der Waals surface area contributed by atoms with E-state index in [-0.39, 0.29) is 0 Å². The van der Waals surface area contributed by atoms with Crippen molar-refractivity contribution in [2.45, 2.75) is 52.1 Å². The van der Waals surface area contributed by atoms with Crippen LogP contribution in [0.15, 0.2) is 12.1 Å². The molecule has 3 heteroatoms. The normalized spacial score (nSPS) is 20.2. The fourth-order valence-electron chi connectivity index (χ4n) is 2.84. The second kappa shape index (κ2) is 6.19. The lowest BCUT2D eigenvalue weighted by molar-refractivity contribution is 0.446. The molecule has 0 amide bonds. The molecule has 18 heavy (non-hydrogen) atoms. The third-order valence-corrected chi connectivity index (χ3v) is 3.94. The monoisotopic (exact) mass is 247 g/mol. The molecule has 100 valence electrons. The van der Waals surface area contributed by atoms with Gasteiger partial charge in [0.15, 0.2) is 0 Å². The molecule has 1 aromatic rings. The predicted octanol–water partition coefficient (Wildman–Crippen LogP) is 2.88. The minimum atomic E-state index is 0.681. The highest BCUT2D eigenvalue weighted by Gasteiger charge is 2.22. The summed E-state index contributed by atoms with van der Waals surface area (Å²) in [7, 11) is 1.98. The Balaban J connectivity index is 2.19. The molecule has 0 aromatic carbocycles. The van der Waals surface area contributed by atoms with E-state index in [1.165, 1.54) is 37.1 Å². The van der Waals surface area contributed by atoms with Gasteiger partial charge >= 0.3 is 0 Å². The number of pyridine rings is 1. The van der Waals surface area contributed by atoms with Crippen LogP contribution in [0.1, 0.15) is 43.9 Å². The Morgan fingerprint density at radius 1 is 1.39 bits per heavy atom. The Morgan fingerprint density at radius 2 is 2.22 bits per heavy atom. The van der Waals surface area contributed by atoms with Gasteiger partial charge in [-0.1, -0.05) is 13.0 Å². The van der Waals surface area contributed by atoms with Crippen LogP contribution in [0.25, 0.3) is 0 Å². The van der Waals surface area contributed by atoms with Crippen LogP contribution in [0, 0.1) is 6.92 Å². The highest BCUT2D eigenvalue weighted by atomic mass is 15.2. The smallest absolute Gasteiger partial charge is 0.129 e. The zero-order valence-corrected chi connectivity index (χ0v) is 11.9. The molecule has 1 N–H and O–H groups in total. The van der Waals surface area contributed by atoms with E-state index in [9.17, 15) is 0 Å². The molecule has 2 heterocycles. The van der Waals surface area contributed by atoms with Crippen molar-refractivity contribution in [1.82, 2.24) is 10.3 Å². The van der Waals surface area contributed by atoms with Gasteiger partial charge in [-0.2, -0.15) is 0 Å². The Kier molecular flexibility index (Phi) is 4.59. The number of piperidine rings is 1. The van der Waals surface area contributed by atoms with E-state index in [2.05, 4.69) is 36.2 Å². The molecule has 1 saturated heterocycles. The average Bonchev–Trinajstić information content (AvgIpc) is 2.41. The number of aromatic nitrogens is 1. The molecule has 0 bridgehead atoms. The molecule has 0 aliphatic carbocycles. The zero-order valence-electron chi connectivity index (χ0n) is 11.9. The highest BCUT2D eigenvalue weighted by molar-refractivity contribution is 5.43. The minimum Gasteiger partial charge on any atom is -0.354 e. The van der Waals surface area contributed by atoms with Crippen LogP contribution in [0.3, 0.4) is 0 Å². The molecule has 1 fully saturated rings. The minimum absolute atomic E-state index is 0.681. The molecule has 0 spiro atoms. The van der Waals surface area contributed by atoms with Crippen LogP contribution in [0.2, 0.25) is 0 Å². The molecule has 1 aliphatic rings. The second-order valence-electron chi connectivity index (χ2n) is 5.20. The maximum Gasteiger partial charge on any atom is 0.129 e. The van der Waals surface area contributed by atoms with Crippen LogP contribution in [0.4, 0.5) is 5.82 Å². The summed E-state index contributed by atoms with van der Waals surface area (Å²) in [4.78, 5) is 7.30. The first-order valence-electron chi connectivity index (χ1n) is 7.14. The Hall–Kier alpha value is -1.09. The fraction of sp³-hybridized carbons (Fsp3) is 0.667. The third-order valence-electron chi connectivity index (χ3n) is 3.94. The number of hydrogen-bond acceptors (Lipinski definition) is 3. The highest BCUT2D eigenvalue weighted by Crippen LogP contribution is 2.25.